The van der Waals surface area contributed by atoms with Gasteiger partial charge >= 0.3 is 12.1 Å². The third-order valence-corrected chi connectivity index (χ3v) is 6.22. The minimum Gasteiger partial charge on any atom is -0.461 e. The average molecular weight is 526 g/mol. The van der Waals surface area contributed by atoms with Gasteiger partial charge in [0.15, 0.2) is 0 Å². The first-order valence-electron chi connectivity index (χ1n) is 14.4. The summed E-state index contributed by atoms with van der Waals surface area (Å²) >= 11 is 0. The molecule has 0 fully saturated rings. The summed E-state index contributed by atoms with van der Waals surface area (Å²) in [6.45, 7) is 8.96. The van der Waals surface area contributed by atoms with Gasteiger partial charge in [-0.25, -0.2) is 4.79 Å². The Hall–Kier alpha value is -1.90. The number of unbranched alkanes of at least 4 members (excludes halogenated alkanes) is 8. The number of ether oxygens (including phenoxy) is 2. The van der Waals surface area contributed by atoms with Gasteiger partial charge in [0.25, 0.3) is 0 Å². The van der Waals surface area contributed by atoms with Crippen molar-refractivity contribution < 1.29 is 24.2 Å². The minimum atomic E-state index is -0.475. The molecule has 0 saturated heterocycles. The Morgan fingerprint density at radius 1 is 0.946 bits per heavy atom. The highest BCUT2D eigenvalue weighted by molar-refractivity contribution is 5.69. The van der Waals surface area contributed by atoms with Crippen molar-refractivity contribution in [2.45, 2.75) is 103 Å². The van der Waals surface area contributed by atoms with Crippen LogP contribution in [0.5, 0.6) is 0 Å². The number of likely N-dealkylation sites (N-methyl/N-ethyl adjacent to an activating group) is 1. The number of allylic oxidation sites excluding steroid dienone is 1. The number of carbonyl (C=O) groups is 2. The summed E-state index contributed by atoms with van der Waals surface area (Å²) in [5.74, 6) is -0.111. The van der Waals surface area contributed by atoms with E-state index in [-0.39, 0.29) is 12.6 Å². The molecule has 0 saturated carbocycles. The van der Waals surface area contributed by atoms with Crippen molar-refractivity contribution in [1.29, 1.82) is 0 Å². The Bertz CT molecular complexity index is 586. The van der Waals surface area contributed by atoms with Crippen LogP contribution in [-0.4, -0.2) is 74.6 Å². The molecule has 3 N–H and O–H groups in total. The predicted molar refractivity (Wildman–Crippen MR) is 151 cm³/mol. The summed E-state index contributed by atoms with van der Waals surface area (Å²) in [6, 6.07) is 0.344. The molecule has 216 valence electrons. The fraction of sp³-hybridized carbons (Fsp3) is 0.793. The van der Waals surface area contributed by atoms with Gasteiger partial charge in [-0.1, -0.05) is 70.6 Å². The van der Waals surface area contributed by atoms with Crippen molar-refractivity contribution in [1.82, 2.24) is 15.5 Å². The lowest BCUT2D eigenvalue weighted by Crippen LogP contribution is -2.37. The van der Waals surface area contributed by atoms with Crippen LogP contribution in [0.4, 0.5) is 4.79 Å². The fourth-order valence-electron chi connectivity index (χ4n) is 3.99. The van der Waals surface area contributed by atoms with Crippen LogP contribution in [0, 0.1) is 0 Å². The molecule has 0 aliphatic heterocycles. The van der Waals surface area contributed by atoms with E-state index in [4.69, 9.17) is 14.6 Å². The van der Waals surface area contributed by atoms with Gasteiger partial charge in [-0.05, 0) is 51.8 Å². The molecule has 0 aromatic carbocycles. The molecule has 0 aliphatic carbocycles. The number of carbonyl (C=O) groups excluding carboxylic acids is 2. The van der Waals surface area contributed by atoms with E-state index in [0.717, 1.165) is 64.5 Å². The van der Waals surface area contributed by atoms with Gasteiger partial charge in [0, 0.05) is 32.1 Å². The number of aliphatic hydroxyl groups excluding tert-OH is 1. The van der Waals surface area contributed by atoms with Crippen molar-refractivity contribution in [2.75, 3.05) is 46.5 Å². The number of nitrogens with one attached hydrogen (secondary N) is 2. The van der Waals surface area contributed by atoms with Crippen LogP contribution in [0.15, 0.2) is 24.9 Å². The number of esters is 1. The topological polar surface area (TPSA) is 100 Å². The molecule has 0 aromatic heterocycles. The van der Waals surface area contributed by atoms with E-state index < -0.39 is 6.09 Å². The van der Waals surface area contributed by atoms with Gasteiger partial charge in [0.2, 0.25) is 0 Å². The van der Waals surface area contributed by atoms with Crippen molar-refractivity contribution in [2.24, 2.45) is 0 Å². The van der Waals surface area contributed by atoms with E-state index in [2.05, 4.69) is 35.1 Å². The maximum atomic E-state index is 11.9. The maximum absolute atomic E-state index is 11.9. The molecule has 0 spiro atoms. The van der Waals surface area contributed by atoms with Crippen molar-refractivity contribution >= 4 is 12.1 Å². The largest absolute Gasteiger partial charge is 0.461 e. The van der Waals surface area contributed by atoms with Crippen LogP contribution in [0.3, 0.4) is 0 Å². The van der Waals surface area contributed by atoms with Gasteiger partial charge in [0.05, 0.1) is 13.2 Å². The van der Waals surface area contributed by atoms with Gasteiger partial charge in [-0.3, -0.25) is 10.1 Å². The quantitative estimate of drug-likeness (QED) is 0.0798. The molecule has 8 heteroatoms. The van der Waals surface area contributed by atoms with Crippen LogP contribution in [0.1, 0.15) is 96.8 Å². The Balaban J connectivity index is 3.98. The zero-order valence-corrected chi connectivity index (χ0v) is 23.7. The molecule has 0 radical (unpaired) electrons. The molecular formula is C29H55N3O5. The Morgan fingerprint density at radius 3 is 2.43 bits per heavy atom. The first-order valence-corrected chi connectivity index (χ1v) is 14.4. The Kier molecular flexibility index (Phi) is 25.7. The van der Waals surface area contributed by atoms with Gasteiger partial charge in [0.1, 0.15) is 6.61 Å². The van der Waals surface area contributed by atoms with Crippen molar-refractivity contribution in [3.63, 3.8) is 0 Å². The lowest BCUT2D eigenvalue weighted by Gasteiger charge is -2.21. The second kappa shape index (κ2) is 27.1. The van der Waals surface area contributed by atoms with E-state index in [1.807, 2.05) is 13.1 Å². The standard InChI is InChI=1S/C29H55N3O5/c1-4-6-7-8-9-10-13-16-25-36-28(34)20-15-12-11-14-18-27(31-21-22-32(3)23-24-33)19-17-26-37-29(35)30-5-2/h5,13,16,27,31,33H,2,4,6-12,14-15,17-26H2,1,3H3,(H,30,35)/b16-13+. The smallest absolute Gasteiger partial charge is 0.411 e. The molecular weight excluding hydrogens is 470 g/mol. The van der Waals surface area contributed by atoms with E-state index in [1.54, 1.807) is 0 Å². The van der Waals surface area contributed by atoms with Gasteiger partial charge in [-0.2, -0.15) is 0 Å². The van der Waals surface area contributed by atoms with E-state index in [1.165, 1.54) is 38.3 Å². The number of hydrogen-bond acceptors (Lipinski definition) is 7. The van der Waals surface area contributed by atoms with Crippen LogP contribution < -0.4 is 10.6 Å². The van der Waals surface area contributed by atoms with E-state index in [9.17, 15) is 9.59 Å². The third kappa shape index (κ3) is 25.5. The predicted octanol–water partition coefficient (Wildman–Crippen LogP) is 5.32. The summed E-state index contributed by atoms with van der Waals surface area (Å²) in [6.07, 6.45) is 19.6. The molecule has 0 bridgehead atoms. The highest BCUT2D eigenvalue weighted by Crippen LogP contribution is 2.12. The van der Waals surface area contributed by atoms with Crippen LogP contribution in [-0.2, 0) is 14.3 Å². The number of rotatable bonds is 26. The number of amides is 1. The lowest BCUT2D eigenvalue weighted by atomic mass is 10.0. The summed E-state index contributed by atoms with van der Waals surface area (Å²) in [4.78, 5) is 25.4. The summed E-state index contributed by atoms with van der Waals surface area (Å²) in [5.41, 5.74) is 0. The van der Waals surface area contributed by atoms with Gasteiger partial charge < -0.3 is 24.8 Å². The first-order chi connectivity index (χ1) is 18.0. The number of hydrogen-bond donors (Lipinski definition) is 3. The molecule has 1 unspecified atom stereocenters. The zero-order valence-electron chi connectivity index (χ0n) is 23.7. The van der Waals surface area contributed by atoms with E-state index >= 15 is 0 Å². The molecule has 1 atom stereocenters. The summed E-state index contributed by atoms with van der Waals surface area (Å²) < 4.78 is 10.4. The van der Waals surface area contributed by atoms with E-state index in [0.29, 0.717) is 32.2 Å². The van der Waals surface area contributed by atoms with Crippen LogP contribution in [0.25, 0.3) is 0 Å². The second-order valence-corrected chi connectivity index (χ2v) is 9.61. The lowest BCUT2D eigenvalue weighted by molar-refractivity contribution is -0.142. The highest BCUT2D eigenvalue weighted by atomic mass is 16.5. The number of aliphatic hydroxyl groups is 1. The molecule has 0 rings (SSSR count). The zero-order chi connectivity index (χ0) is 27.4. The number of alkyl carbamates (subject to hydrolysis) is 1. The fourth-order valence-corrected chi connectivity index (χ4v) is 3.99. The maximum Gasteiger partial charge on any atom is 0.411 e. The molecule has 0 heterocycles. The SMILES string of the molecule is C=CNC(=O)OCCCC(CCCCCCC(=O)OC/C=C/CCCCCCC)NCCN(C)CCO. The van der Waals surface area contributed by atoms with Crippen LogP contribution >= 0.6 is 0 Å². The monoisotopic (exact) mass is 525 g/mol. The molecule has 0 aromatic rings. The van der Waals surface area contributed by atoms with Crippen molar-refractivity contribution in [3.05, 3.63) is 24.9 Å². The molecule has 8 nitrogen and oxygen atoms in total. The van der Waals surface area contributed by atoms with Crippen molar-refractivity contribution in [3.8, 4) is 0 Å². The summed E-state index contributed by atoms with van der Waals surface area (Å²) in [5, 5.41) is 15.1. The first kappa shape index (κ1) is 35.1. The highest BCUT2D eigenvalue weighted by Gasteiger charge is 2.10. The molecule has 1 amide bonds. The normalized spacial score (nSPS) is 12.1. The second-order valence-electron chi connectivity index (χ2n) is 9.61. The Morgan fingerprint density at radius 2 is 1.68 bits per heavy atom. The molecule has 37 heavy (non-hydrogen) atoms. The molecule has 0 aliphatic rings. The number of nitrogens with zero attached hydrogens (tertiary/aromatic N) is 1. The Labute approximate surface area is 226 Å². The average Bonchev–Trinajstić information content (AvgIpc) is 2.87. The third-order valence-electron chi connectivity index (χ3n) is 6.22. The summed E-state index contributed by atoms with van der Waals surface area (Å²) in [7, 11) is 2.00. The van der Waals surface area contributed by atoms with Gasteiger partial charge in [-0.15, -0.1) is 0 Å². The van der Waals surface area contributed by atoms with Crippen LogP contribution in [0.2, 0.25) is 0 Å². The minimum absolute atomic E-state index is 0.111.